The minimum Gasteiger partial charge on any atom is -0.0988 e. The molecule has 0 amide bonds. The minimum absolute atomic E-state index is 0.0710. The van der Waals surface area contributed by atoms with E-state index in [1.807, 2.05) is 6.08 Å². The van der Waals surface area contributed by atoms with Gasteiger partial charge in [0.15, 0.2) is 0 Å². The molecule has 0 fully saturated rings. The van der Waals surface area contributed by atoms with E-state index in [4.69, 9.17) is 0 Å². The van der Waals surface area contributed by atoms with Gasteiger partial charge in [-0.25, -0.2) is 0 Å². The standard InChI is InChI=1S/C40H62/c1-17-27(6)22-34-33(24-31(38(11,12)19-3)26-36(34)40(15,16)21-5)28(7)32-23-30(37(9,10)18-2)25-35(29(32)8)39(13,14)20-4/h17,23-26,28H,1,6,18-22H2,2-5,7-16H3. The monoisotopic (exact) mass is 542 g/mol. The summed E-state index contributed by atoms with van der Waals surface area (Å²) in [5.74, 6) is 0.269. The van der Waals surface area contributed by atoms with E-state index < -0.39 is 0 Å². The molecule has 0 spiro atoms. The van der Waals surface area contributed by atoms with Crippen LogP contribution < -0.4 is 0 Å². The van der Waals surface area contributed by atoms with E-state index in [1.54, 1.807) is 0 Å². The van der Waals surface area contributed by atoms with E-state index in [1.165, 1.54) is 44.5 Å². The molecule has 0 saturated heterocycles. The lowest BCUT2D eigenvalue weighted by Crippen LogP contribution is -2.25. The van der Waals surface area contributed by atoms with Gasteiger partial charge in [-0.05, 0) is 105 Å². The van der Waals surface area contributed by atoms with Crippen molar-refractivity contribution in [2.45, 2.75) is 157 Å². The van der Waals surface area contributed by atoms with Crippen molar-refractivity contribution in [3.8, 4) is 0 Å². The summed E-state index contributed by atoms with van der Waals surface area (Å²) in [6.07, 6.45) is 7.24. The van der Waals surface area contributed by atoms with Crippen LogP contribution >= 0.6 is 0 Å². The van der Waals surface area contributed by atoms with Crippen LogP contribution in [0, 0.1) is 6.92 Å². The van der Waals surface area contributed by atoms with Gasteiger partial charge in [0.1, 0.15) is 0 Å². The fraction of sp³-hybridized carbons (Fsp3) is 0.600. The molecular formula is C40H62. The Bertz CT molecular complexity index is 1210. The predicted octanol–water partition coefficient (Wildman–Crippen LogP) is 12.2. The first-order valence-corrected chi connectivity index (χ1v) is 16.0. The largest absolute Gasteiger partial charge is 0.0988 e. The summed E-state index contributed by atoms with van der Waals surface area (Å²) >= 11 is 0. The molecule has 2 rings (SSSR count). The number of allylic oxidation sites excluding steroid dienone is 2. The Kier molecular flexibility index (Phi) is 10.6. The van der Waals surface area contributed by atoms with Crippen LogP contribution in [0.3, 0.4) is 0 Å². The molecule has 0 radical (unpaired) electrons. The molecule has 0 aliphatic heterocycles. The van der Waals surface area contributed by atoms with Gasteiger partial charge >= 0.3 is 0 Å². The quantitative estimate of drug-likeness (QED) is 0.221. The van der Waals surface area contributed by atoms with Gasteiger partial charge in [0.25, 0.3) is 0 Å². The molecule has 0 heterocycles. The highest BCUT2D eigenvalue weighted by molar-refractivity contribution is 5.54. The molecule has 2 aromatic carbocycles. The van der Waals surface area contributed by atoms with Gasteiger partial charge in [-0.2, -0.15) is 0 Å². The van der Waals surface area contributed by atoms with Crippen molar-refractivity contribution in [1.82, 2.24) is 0 Å². The van der Waals surface area contributed by atoms with Crippen LogP contribution in [0.5, 0.6) is 0 Å². The molecule has 0 nitrogen and oxygen atoms in total. The molecule has 222 valence electrons. The van der Waals surface area contributed by atoms with E-state index >= 15 is 0 Å². The first-order chi connectivity index (χ1) is 18.3. The van der Waals surface area contributed by atoms with Gasteiger partial charge in [-0.15, -0.1) is 0 Å². The molecular weight excluding hydrogens is 480 g/mol. The van der Waals surface area contributed by atoms with E-state index in [-0.39, 0.29) is 27.6 Å². The average molecular weight is 543 g/mol. The van der Waals surface area contributed by atoms with Crippen molar-refractivity contribution in [2.75, 3.05) is 0 Å². The van der Waals surface area contributed by atoms with Crippen LogP contribution in [0.15, 0.2) is 49.1 Å². The normalized spacial score (nSPS) is 13.8. The van der Waals surface area contributed by atoms with Gasteiger partial charge in [0.2, 0.25) is 0 Å². The van der Waals surface area contributed by atoms with Crippen molar-refractivity contribution in [3.63, 3.8) is 0 Å². The van der Waals surface area contributed by atoms with E-state index in [0.717, 1.165) is 37.7 Å². The van der Waals surface area contributed by atoms with E-state index in [0.29, 0.717) is 0 Å². The van der Waals surface area contributed by atoms with Crippen LogP contribution in [-0.2, 0) is 28.1 Å². The molecule has 1 atom stereocenters. The molecule has 0 aliphatic carbocycles. The van der Waals surface area contributed by atoms with Gasteiger partial charge in [-0.3, -0.25) is 0 Å². The Morgan fingerprint density at radius 1 is 0.675 bits per heavy atom. The Morgan fingerprint density at radius 3 is 1.50 bits per heavy atom. The molecule has 0 bridgehead atoms. The number of rotatable bonds is 13. The van der Waals surface area contributed by atoms with Gasteiger partial charge in [-0.1, -0.05) is 139 Å². The second-order valence-electron chi connectivity index (χ2n) is 15.0. The highest BCUT2D eigenvalue weighted by atomic mass is 14.4. The average Bonchev–Trinajstić information content (AvgIpc) is 2.92. The van der Waals surface area contributed by atoms with Crippen LogP contribution in [0.25, 0.3) is 0 Å². The number of benzene rings is 2. The highest BCUT2D eigenvalue weighted by Crippen LogP contribution is 2.44. The maximum atomic E-state index is 4.39. The summed E-state index contributed by atoms with van der Waals surface area (Å²) in [6, 6.07) is 10.2. The molecule has 40 heavy (non-hydrogen) atoms. The highest BCUT2D eigenvalue weighted by Gasteiger charge is 2.32. The molecule has 2 aromatic rings. The van der Waals surface area contributed by atoms with Crippen LogP contribution in [0.4, 0.5) is 0 Å². The smallest absolute Gasteiger partial charge is 0.00668 e. The number of hydrogen-bond donors (Lipinski definition) is 0. The number of hydrogen-bond acceptors (Lipinski definition) is 0. The minimum atomic E-state index is 0.0710. The second-order valence-corrected chi connectivity index (χ2v) is 15.0. The van der Waals surface area contributed by atoms with Crippen molar-refractivity contribution in [2.24, 2.45) is 0 Å². The van der Waals surface area contributed by atoms with Crippen molar-refractivity contribution < 1.29 is 0 Å². The van der Waals surface area contributed by atoms with Gasteiger partial charge in [0, 0.05) is 5.92 Å². The van der Waals surface area contributed by atoms with E-state index in [9.17, 15) is 0 Å². The first-order valence-electron chi connectivity index (χ1n) is 16.0. The zero-order chi connectivity index (χ0) is 30.8. The van der Waals surface area contributed by atoms with Crippen LogP contribution in [-0.4, -0.2) is 0 Å². The Labute approximate surface area is 249 Å². The Hall–Kier alpha value is -2.08. The third-order valence-electron chi connectivity index (χ3n) is 10.9. The summed E-state index contributed by atoms with van der Waals surface area (Å²) in [6.45, 7) is 41.9. The van der Waals surface area contributed by atoms with Crippen molar-refractivity contribution in [3.05, 3.63) is 93.6 Å². The lowest BCUT2D eigenvalue weighted by atomic mass is 9.69. The van der Waals surface area contributed by atoms with Crippen LogP contribution in [0.2, 0.25) is 0 Å². The maximum absolute atomic E-state index is 4.39. The molecule has 0 aliphatic rings. The Morgan fingerprint density at radius 2 is 1.07 bits per heavy atom. The summed E-state index contributed by atoms with van der Waals surface area (Å²) < 4.78 is 0. The first kappa shape index (κ1) is 34.1. The lowest BCUT2D eigenvalue weighted by molar-refractivity contribution is 0.482. The van der Waals surface area contributed by atoms with E-state index in [2.05, 4.69) is 134 Å². The summed E-state index contributed by atoms with van der Waals surface area (Å²) in [4.78, 5) is 0. The van der Waals surface area contributed by atoms with Crippen molar-refractivity contribution in [1.29, 1.82) is 0 Å². The molecule has 0 heteroatoms. The summed E-state index contributed by atoms with van der Waals surface area (Å²) in [7, 11) is 0. The van der Waals surface area contributed by atoms with Gasteiger partial charge in [0.05, 0.1) is 0 Å². The third-order valence-corrected chi connectivity index (χ3v) is 10.9. The second kappa shape index (κ2) is 12.4. The topological polar surface area (TPSA) is 0 Å². The molecule has 0 N–H and O–H groups in total. The Balaban J connectivity index is 3.10. The maximum Gasteiger partial charge on any atom is 0.00668 e. The van der Waals surface area contributed by atoms with Crippen LogP contribution in [0.1, 0.15) is 166 Å². The predicted molar refractivity (Wildman–Crippen MR) is 181 cm³/mol. The fourth-order valence-electron chi connectivity index (χ4n) is 5.81. The molecule has 0 aromatic heterocycles. The summed E-state index contributed by atoms with van der Waals surface area (Å²) in [5, 5.41) is 0. The SMILES string of the molecule is C=CC(=C)Cc1c(C(C)c2cc(C(C)(C)CC)cc(C(C)(C)CC)c2C)cc(C(C)(C)CC)cc1C(C)(C)CC. The fourth-order valence-corrected chi connectivity index (χ4v) is 5.81. The third kappa shape index (κ3) is 6.86. The zero-order valence-corrected chi connectivity index (χ0v) is 28.9. The lowest BCUT2D eigenvalue weighted by Gasteiger charge is -2.36. The zero-order valence-electron chi connectivity index (χ0n) is 28.9. The van der Waals surface area contributed by atoms with Gasteiger partial charge < -0.3 is 0 Å². The molecule has 1 unspecified atom stereocenters. The van der Waals surface area contributed by atoms with Crippen molar-refractivity contribution >= 4 is 0 Å². The summed E-state index contributed by atoms with van der Waals surface area (Å²) in [5.41, 5.74) is 13.3. The molecule has 0 saturated carbocycles.